The van der Waals surface area contributed by atoms with Crippen LogP contribution >= 0.6 is 0 Å². The molecule has 0 aliphatic carbocycles. The molecule has 110 valence electrons. The third-order valence-electron chi connectivity index (χ3n) is 2.88. The zero-order valence-corrected chi connectivity index (χ0v) is 12.0. The molecule has 0 aliphatic rings. The number of anilines is 1. The number of ether oxygens (including phenoxy) is 1. The van der Waals surface area contributed by atoms with Crippen LogP contribution in [-0.4, -0.2) is 31.1 Å². The molecule has 0 atom stereocenters. The molecule has 0 bridgehead atoms. The van der Waals surface area contributed by atoms with Gasteiger partial charge in [-0.15, -0.1) is 0 Å². The van der Waals surface area contributed by atoms with Gasteiger partial charge in [0.05, 0.1) is 6.61 Å². The molecule has 0 fully saturated rings. The van der Waals surface area contributed by atoms with Crippen LogP contribution in [0.5, 0.6) is 5.75 Å². The van der Waals surface area contributed by atoms with E-state index in [1.54, 1.807) is 19.3 Å². The molecule has 1 amide bonds. The molecule has 1 heterocycles. The Kier molecular flexibility index (Phi) is 5.58. The van der Waals surface area contributed by atoms with Crippen molar-refractivity contribution in [2.24, 2.45) is 0 Å². The molecule has 0 saturated heterocycles. The Bertz CT molecular complexity index is 573. The number of amides is 1. The highest BCUT2D eigenvalue weighted by Crippen LogP contribution is 2.10. The number of hydrogen-bond donors (Lipinski definition) is 2. The average Bonchev–Trinajstić information content (AvgIpc) is 2.55. The lowest BCUT2D eigenvalue weighted by Crippen LogP contribution is -2.19. The lowest BCUT2D eigenvalue weighted by atomic mass is 10.3. The first kappa shape index (κ1) is 14.8. The summed E-state index contributed by atoms with van der Waals surface area (Å²) in [7, 11) is 1.59. The van der Waals surface area contributed by atoms with E-state index >= 15 is 0 Å². The van der Waals surface area contributed by atoms with Gasteiger partial charge in [-0.25, -0.2) is 0 Å². The topological polar surface area (TPSA) is 63.2 Å². The van der Waals surface area contributed by atoms with Gasteiger partial charge >= 0.3 is 0 Å². The average molecular weight is 285 g/mol. The van der Waals surface area contributed by atoms with Gasteiger partial charge in [-0.3, -0.25) is 9.78 Å². The summed E-state index contributed by atoms with van der Waals surface area (Å²) < 4.78 is 5.61. The number of aromatic nitrogens is 1. The van der Waals surface area contributed by atoms with Crippen LogP contribution in [0.1, 0.15) is 16.9 Å². The fraction of sp³-hybridized carbons (Fsp3) is 0.250. The van der Waals surface area contributed by atoms with Gasteiger partial charge in [-0.2, -0.15) is 0 Å². The number of benzene rings is 1. The van der Waals surface area contributed by atoms with Crippen molar-refractivity contribution in [3.63, 3.8) is 0 Å². The van der Waals surface area contributed by atoms with Gasteiger partial charge in [0.15, 0.2) is 0 Å². The third-order valence-corrected chi connectivity index (χ3v) is 2.88. The lowest BCUT2D eigenvalue weighted by molar-refractivity contribution is 0.0958. The van der Waals surface area contributed by atoms with Crippen LogP contribution < -0.4 is 15.4 Å². The predicted molar refractivity (Wildman–Crippen MR) is 82.7 cm³/mol. The largest absolute Gasteiger partial charge is 0.494 e. The minimum atomic E-state index is -0.189. The summed E-state index contributed by atoms with van der Waals surface area (Å²) >= 11 is 0. The molecule has 2 aromatic rings. The smallest absolute Gasteiger partial charge is 0.269 e. The molecule has 2 N–H and O–H groups in total. The van der Waals surface area contributed by atoms with Crippen molar-refractivity contribution in [2.75, 3.05) is 25.5 Å². The molecule has 0 spiro atoms. The molecule has 1 aromatic heterocycles. The first-order valence-electron chi connectivity index (χ1n) is 6.89. The van der Waals surface area contributed by atoms with E-state index in [1.807, 2.05) is 36.4 Å². The minimum absolute atomic E-state index is 0.189. The fourth-order valence-corrected chi connectivity index (χ4v) is 1.80. The Labute approximate surface area is 124 Å². The Morgan fingerprint density at radius 1 is 1.24 bits per heavy atom. The molecule has 0 aliphatic heterocycles. The molecule has 5 heteroatoms. The van der Waals surface area contributed by atoms with Crippen LogP contribution in [0.25, 0.3) is 0 Å². The number of pyridine rings is 1. The maximum Gasteiger partial charge on any atom is 0.269 e. The van der Waals surface area contributed by atoms with Crippen molar-refractivity contribution < 1.29 is 9.53 Å². The van der Waals surface area contributed by atoms with Gasteiger partial charge in [-0.05, 0) is 30.7 Å². The van der Waals surface area contributed by atoms with Gasteiger partial charge < -0.3 is 15.4 Å². The zero-order chi connectivity index (χ0) is 14.9. The highest BCUT2D eigenvalue weighted by Gasteiger charge is 2.04. The van der Waals surface area contributed by atoms with Crippen LogP contribution in [0.2, 0.25) is 0 Å². The number of hydrogen-bond acceptors (Lipinski definition) is 4. The van der Waals surface area contributed by atoms with E-state index in [4.69, 9.17) is 4.74 Å². The number of carbonyl (C=O) groups excluding carboxylic acids is 1. The number of nitrogens with zero attached hydrogens (tertiary/aromatic N) is 1. The molecule has 0 unspecified atom stereocenters. The molecular weight excluding hydrogens is 266 g/mol. The second-order valence-electron chi connectivity index (χ2n) is 4.45. The van der Waals surface area contributed by atoms with E-state index in [0.717, 1.165) is 24.4 Å². The summed E-state index contributed by atoms with van der Waals surface area (Å²) in [4.78, 5) is 15.5. The van der Waals surface area contributed by atoms with Crippen molar-refractivity contribution in [1.82, 2.24) is 10.3 Å². The van der Waals surface area contributed by atoms with Gasteiger partial charge in [0, 0.05) is 25.5 Å². The molecule has 0 radical (unpaired) electrons. The number of carbonyl (C=O) groups is 1. The third kappa shape index (κ3) is 4.80. The van der Waals surface area contributed by atoms with Gasteiger partial charge in [0.25, 0.3) is 5.91 Å². The number of nitrogens with one attached hydrogen (secondary N) is 2. The number of rotatable bonds is 7. The van der Waals surface area contributed by atoms with Crippen LogP contribution in [-0.2, 0) is 0 Å². The van der Waals surface area contributed by atoms with E-state index in [2.05, 4.69) is 15.6 Å². The molecule has 5 nitrogen and oxygen atoms in total. The molecule has 2 rings (SSSR count). The summed E-state index contributed by atoms with van der Waals surface area (Å²) in [6.45, 7) is 1.41. The Morgan fingerprint density at radius 2 is 2.05 bits per heavy atom. The highest BCUT2D eigenvalue weighted by atomic mass is 16.5. The summed E-state index contributed by atoms with van der Waals surface area (Å²) in [6.07, 6.45) is 2.49. The van der Waals surface area contributed by atoms with Crippen LogP contribution in [0.4, 0.5) is 5.69 Å². The van der Waals surface area contributed by atoms with E-state index in [9.17, 15) is 4.79 Å². The van der Waals surface area contributed by atoms with Gasteiger partial charge in [-0.1, -0.05) is 18.2 Å². The van der Waals surface area contributed by atoms with Crippen molar-refractivity contribution >= 4 is 11.6 Å². The van der Waals surface area contributed by atoms with E-state index in [-0.39, 0.29) is 5.91 Å². The van der Waals surface area contributed by atoms with Crippen molar-refractivity contribution in [2.45, 2.75) is 6.42 Å². The monoisotopic (exact) mass is 285 g/mol. The summed E-state index contributed by atoms with van der Waals surface area (Å²) in [6, 6.07) is 13.3. The zero-order valence-electron chi connectivity index (χ0n) is 12.0. The van der Waals surface area contributed by atoms with Gasteiger partial charge in [0.1, 0.15) is 11.4 Å². The lowest BCUT2D eigenvalue weighted by Gasteiger charge is -2.08. The molecule has 21 heavy (non-hydrogen) atoms. The second kappa shape index (κ2) is 7.89. The Morgan fingerprint density at radius 3 is 2.81 bits per heavy atom. The first-order valence-corrected chi connectivity index (χ1v) is 6.89. The molecule has 1 aromatic carbocycles. The van der Waals surface area contributed by atoms with E-state index < -0.39 is 0 Å². The van der Waals surface area contributed by atoms with E-state index in [1.165, 1.54) is 0 Å². The summed E-state index contributed by atoms with van der Waals surface area (Å²) in [5.74, 6) is 0.689. The fourth-order valence-electron chi connectivity index (χ4n) is 1.80. The Hall–Kier alpha value is -2.56. The highest BCUT2D eigenvalue weighted by molar-refractivity contribution is 5.92. The minimum Gasteiger partial charge on any atom is -0.494 e. The first-order chi connectivity index (χ1) is 10.3. The van der Waals surface area contributed by atoms with Crippen LogP contribution in [0.3, 0.4) is 0 Å². The standard InChI is InChI=1S/C16H19N3O2/c1-17-16(20)15-12-13(8-10-19-15)18-9-5-11-21-14-6-3-2-4-7-14/h2-4,6-8,10,12H,5,9,11H2,1H3,(H,17,20)(H,18,19). The quantitative estimate of drug-likeness (QED) is 0.766. The predicted octanol–water partition coefficient (Wildman–Crippen LogP) is 2.32. The van der Waals surface area contributed by atoms with Crippen LogP contribution in [0.15, 0.2) is 48.7 Å². The second-order valence-corrected chi connectivity index (χ2v) is 4.45. The maximum atomic E-state index is 11.5. The number of para-hydroxylation sites is 1. The SMILES string of the molecule is CNC(=O)c1cc(NCCCOc2ccccc2)ccn1. The van der Waals surface area contributed by atoms with Crippen molar-refractivity contribution in [3.8, 4) is 5.75 Å². The van der Waals surface area contributed by atoms with Crippen molar-refractivity contribution in [3.05, 3.63) is 54.4 Å². The Balaban J connectivity index is 1.72. The molecule has 0 saturated carbocycles. The van der Waals surface area contributed by atoms with Crippen LogP contribution in [0, 0.1) is 0 Å². The normalized spacial score (nSPS) is 9.95. The maximum absolute atomic E-state index is 11.5. The molecular formula is C16H19N3O2. The summed E-state index contributed by atoms with van der Waals surface area (Å²) in [5, 5.41) is 5.80. The van der Waals surface area contributed by atoms with Gasteiger partial charge in [0.2, 0.25) is 0 Å². The van der Waals surface area contributed by atoms with E-state index in [0.29, 0.717) is 12.3 Å². The summed E-state index contributed by atoms with van der Waals surface area (Å²) in [5.41, 5.74) is 1.28. The van der Waals surface area contributed by atoms with Crippen molar-refractivity contribution in [1.29, 1.82) is 0 Å².